The van der Waals surface area contributed by atoms with Gasteiger partial charge in [0.05, 0.1) is 0 Å². The molecule has 1 aliphatic rings. The van der Waals surface area contributed by atoms with Crippen LogP contribution in [-0.2, 0) is 16.0 Å². The first kappa shape index (κ1) is 15.5. The summed E-state index contributed by atoms with van der Waals surface area (Å²) in [6, 6.07) is 7.73. The molecule has 0 bridgehead atoms. The van der Waals surface area contributed by atoms with Crippen molar-refractivity contribution >= 4 is 11.9 Å². The molecule has 1 aromatic carbocycles. The first-order valence-corrected chi connectivity index (χ1v) is 7.46. The van der Waals surface area contributed by atoms with Gasteiger partial charge in [-0.05, 0) is 45.2 Å². The number of carbonyl (C=O) groups excluding carboxylic acids is 2. The Morgan fingerprint density at radius 3 is 2.71 bits per heavy atom. The van der Waals surface area contributed by atoms with Gasteiger partial charge in [-0.15, -0.1) is 0 Å². The van der Waals surface area contributed by atoms with Gasteiger partial charge in [0, 0.05) is 25.1 Å². The zero-order valence-electron chi connectivity index (χ0n) is 13.0. The summed E-state index contributed by atoms with van der Waals surface area (Å²) in [5, 5.41) is 0. The van der Waals surface area contributed by atoms with Crippen LogP contribution in [0.4, 0.5) is 0 Å². The fraction of sp³-hybridized carbons (Fsp3) is 0.529. The summed E-state index contributed by atoms with van der Waals surface area (Å²) in [5.74, 6) is -0.131. The highest BCUT2D eigenvalue weighted by Crippen LogP contribution is 2.19. The zero-order chi connectivity index (χ0) is 15.5. The monoisotopic (exact) mass is 289 g/mol. The van der Waals surface area contributed by atoms with Crippen molar-refractivity contribution in [2.24, 2.45) is 0 Å². The summed E-state index contributed by atoms with van der Waals surface area (Å²) in [6.07, 6.45) is 1.87. The van der Waals surface area contributed by atoms with E-state index < -0.39 is 5.60 Å². The number of esters is 1. The number of ether oxygens (including phenoxy) is 1. The predicted molar refractivity (Wildman–Crippen MR) is 81.1 cm³/mol. The van der Waals surface area contributed by atoms with Crippen molar-refractivity contribution in [3.05, 3.63) is 35.4 Å². The molecular weight excluding hydrogens is 266 g/mol. The van der Waals surface area contributed by atoms with E-state index in [-0.39, 0.29) is 11.9 Å². The van der Waals surface area contributed by atoms with Gasteiger partial charge >= 0.3 is 5.97 Å². The summed E-state index contributed by atoms with van der Waals surface area (Å²) in [7, 11) is 0. The second-order valence-corrected chi connectivity index (χ2v) is 6.39. The van der Waals surface area contributed by atoms with Gasteiger partial charge in [0.2, 0.25) is 0 Å². The highest BCUT2D eigenvalue weighted by Gasteiger charge is 2.23. The molecule has 1 aromatic rings. The number of nitrogens with zero attached hydrogens (tertiary/aromatic N) is 1. The highest BCUT2D eigenvalue weighted by molar-refractivity contribution is 5.96. The zero-order valence-corrected chi connectivity index (χ0v) is 13.0. The van der Waals surface area contributed by atoms with Crippen LogP contribution in [0.15, 0.2) is 24.3 Å². The Balaban J connectivity index is 1.83. The summed E-state index contributed by atoms with van der Waals surface area (Å²) >= 11 is 0. The van der Waals surface area contributed by atoms with Gasteiger partial charge in [-0.3, -0.25) is 9.59 Å². The minimum absolute atomic E-state index is 0.0704. The van der Waals surface area contributed by atoms with Crippen molar-refractivity contribution in [2.75, 3.05) is 13.1 Å². The maximum absolute atomic E-state index is 12.3. The normalized spacial score (nSPS) is 14.8. The number of hydrogen-bond acceptors (Lipinski definition) is 3. The van der Waals surface area contributed by atoms with Gasteiger partial charge in [-0.25, -0.2) is 0 Å². The Bertz CT molecular complexity index is 531. The fourth-order valence-corrected chi connectivity index (χ4v) is 2.49. The molecule has 114 valence electrons. The van der Waals surface area contributed by atoms with E-state index in [2.05, 4.69) is 0 Å². The first-order valence-electron chi connectivity index (χ1n) is 7.46. The Kier molecular flexibility index (Phi) is 4.66. The molecule has 0 saturated carbocycles. The van der Waals surface area contributed by atoms with Crippen LogP contribution in [0.3, 0.4) is 0 Å². The van der Waals surface area contributed by atoms with Crippen molar-refractivity contribution in [3.8, 4) is 0 Å². The molecule has 4 nitrogen and oxygen atoms in total. The summed E-state index contributed by atoms with van der Waals surface area (Å²) in [6.45, 7) is 6.90. The average Bonchev–Trinajstić information content (AvgIpc) is 2.40. The van der Waals surface area contributed by atoms with Crippen LogP contribution in [0.25, 0.3) is 0 Å². The molecule has 4 heteroatoms. The third kappa shape index (κ3) is 4.31. The summed E-state index contributed by atoms with van der Waals surface area (Å²) in [5.41, 5.74) is 1.46. The lowest BCUT2D eigenvalue weighted by Gasteiger charge is -2.28. The van der Waals surface area contributed by atoms with E-state index in [4.69, 9.17) is 4.74 Å². The van der Waals surface area contributed by atoms with Crippen LogP contribution in [-0.4, -0.2) is 35.5 Å². The number of amides is 1. The lowest BCUT2D eigenvalue weighted by atomic mass is 9.99. The van der Waals surface area contributed by atoms with Crippen LogP contribution in [0.5, 0.6) is 0 Å². The molecule has 21 heavy (non-hydrogen) atoms. The van der Waals surface area contributed by atoms with Crippen LogP contribution in [0, 0.1) is 0 Å². The molecule has 0 fully saturated rings. The molecule has 0 radical (unpaired) electrons. The van der Waals surface area contributed by atoms with Gasteiger partial charge in [0.1, 0.15) is 5.60 Å². The van der Waals surface area contributed by atoms with Gasteiger partial charge in [0.25, 0.3) is 5.91 Å². The molecule has 0 N–H and O–H groups in total. The maximum atomic E-state index is 12.3. The Morgan fingerprint density at radius 1 is 1.29 bits per heavy atom. The molecule has 1 heterocycles. The highest BCUT2D eigenvalue weighted by atomic mass is 16.6. The second kappa shape index (κ2) is 6.29. The molecule has 1 amide bonds. The van der Waals surface area contributed by atoms with E-state index in [1.807, 2.05) is 49.9 Å². The second-order valence-electron chi connectivity index (χ2n) is 6.39. The lowest BCUT2D eigenvalue weighted by Crippen LogP contribution is -2.38. The molecule has 2 rings (SSSR count). The molecular formula is C17H23NO3. The molecule has 0 aromatic heterocycles. The van der Waals surface area contributed by atoms with Crippen LogP contribution in [0.1, 0.15) is 49.5 Å². The molecule has 0 unspecified atom stereocenters. The number of benzene rings is 1. The largest absolute Gasteiger partial charge is 0.460 e. The predicted octanol–water partition coefficient (Wildman–Crippen LogP) is 2.81. The van der Waals surface area contributed by atoms with Gasteiger partial charge < -0.3 is 9.64 Å². The van der Waals surface area contributed by atoms with E-state index in [1.54, 1.807) is 0 Å². The van der Waals surface area contributed by atoms with E-state index in [0.717, 1.165) is 24.1 Å². The van der Waals surface area contributed by atoms with Gasteiger partial charge in [-0.1, -0.05) is 18.2 Å². The third-order valence-electron chi connectivity index (χ3n) is 3.41. The topological polar surface area (TPSA) is 46.6 Å². The number of fused-ring (bicyclic) bond motifs is 1. The summed E-state index contributed by atoms with van der Waals surface area (Å²) < 4.78 is 5.27. The maximum Gasteiger partial charge on any atom is 0.306 e. The number of rotatable bonds is 4. The smallest absolute Gasteiger partial charge is 0.306 e. The fourth-order valence-electron chi connectivity index (χ4n) is 2.49. The average molecular weight is 289 g/mol. The van der Waals surface area contributed by atoms with E-state index >= 15 is 0 Å². The van der Waals surface area contributed by atoms with Crippen molar-refractivity contribution in [1.82, 2.24) is 4.90 Å². The van der Waals surface area contributed by atoms with E-state index in [0.29, 0.717) is 19.4 Å². The van der Waals surface area contributed by atoms with Crippen molar-refractivity contribution < 1.29 is 14.3 Å². The molecule has 1 aliphatic heterocycles. The third-order valence-corrected chi connectivity index (χ3v) is 3.41. The number of hydrogen-bond donors (Lipinski definition) is 0. The van der Waals surface area contributed by atoms with Gasteiger partial charge in [-0.2, -0.15) is 0 Å². The Labute approximate surface area is 126 Å². The van der Waals surface area contributed by atoms with Crippen molar-refractivity contribution in [3.63, 3.8) is 0 Å². The molecule has 0 atom stereocenters. The minimum Gasteiger partial charge on any atom is -0.460 e. The molecule has 0 saturated heterocycles. The van der Waals surface area contributed by atoms with Crippen LogP contribution >= 0.6 is 0 Å². The Hall–Kier alpha value is -1.84. The standard InChI is InChI=1S/C17H23NO3/c1-17(2,3)21-15(19)9-6-11-18-12-10-13-7-4-5-8-14(13)16(18)20/h4-5,7-8H,6,9-12H2,1-3H3. The minimum atomic E-state index is -0.447. The van der Waals surface area contributed by atoms with E-state index in [9.17, 15) is 9.59 Å². The molecule has 0 aliphatic carbocycles. The van der Waals surface area contributed by atoms with E-state index in [1.165, 1.54) is 0 Å². The van der Waals surface area contributed by atoms with Crippen LogP contribution in [0.2, 0.25) is 0 Å². The molecule has 0 spiro atoms. The van der Waals surface area contributed by atoms with Crippen molar-refractivity contribution in [1.29, 1.82) is 0 Å². The quantitative estimate of drug-likeness (QED) is 0.801. The number of carbonyl (C=O) groups is 2. The lowest BCUT2D eigenvalue weighted by molar-refractivity contribution is -0.154. The summed E-state index contributed by atoms with van der Waals surface area (Å²) in [4.78, 5) is 25.8. The van der Waals surface area contributed by atoms with Crippen molar-refractivity contribution in [2.45, 2.75) is 45.6 Å². The SMILES string of the molecule is CC(C)(C)OC(=O)CCCN1CCc2ccccc2C1=O. The first-order chi connectivity index (χ1) is 9.87. The van der Waals surface area contributed by atoms with Crippen LogP contribution < -0.4 is 0 Å². The van der Waals surface area contributed by atoms with Gasteiger partial charge in [0.15, 0.2) is 0 Å². The Morgan fingerprint density at radius 2 is 2.00 bits per heavy atom.